The maximum atomic E-state index is 11.9. The Labute approximate surface area is 127 Å². The van der Waals surface area contributed by atoms with E-state index in [0.29, 0.717) is 0 Å². The van der Waals surface area contributed by atoms with Crippen molar-refractivity contribution in [2.45, 2.75) is 44.2 Å². The molecule has 0 aliphatic heterocycles. The van der Waals surface area contributed by atoms with Crippen LogP contribution in [0, 0.1) is 0 Å². The minimum Gasteiger partial charge on any atom is -0.480 e. The molecule has 9 nitrogen and oxygen atoms in total. The Hall–Kier alpha value is -1.36. The second-order valence-corrected chi connectivity index (χ2v) is 4.94. The third kappa shape index (κ3) is 6.29. The molecule has 0 aromatic carbocycles. The first-order chi connectivity index (χ1) is 9.61. The van der Waals surface area contributed by atoms with Gasteiger partial charge in [0.25, 0.3) is 0 Å². The van der Waals surface area contributed by atoms with Gasteiger partial charge in [0.05, 0.1) is 12.2 Å². The average Bonchev–Trinajstić information content (AvgIpc) is 2.39. The summed E-state index contributed by atoms with van der Waals surface area (Å²) in [7, 11) is 0. The van der Waals surface area contributed by atoms with Gasteiger partial charge in [-0.2, -0.15) is 12.6 Å². The van der Waals surface area contributed by atoms with Gasteiger partial charge in [-0.05, 0) is 13.8 Å². The van der Waals surface area contributed by atoms with Crippen LogP contribution >= 0.6 is 12.6 Å². The van der Waals surface area contributed by atoms with Crippen molar-refractivity contribution in [3.63, 3.8) is 0 Å². The number of rotatable bonds is 8. The van der Waals surface area contributed by atoms with E-state index >= 15 is 0 Å². The van der Waals surface area contributed by atoms with E-state index in [-0.39, 0.29) is 5.75 Å². The lowest BCUT2D eigenvalue weighted by molar-refractivity contribution is -0.142. The highest BCUT2D eigenvalue weighted by Gasteiger charge is 2.31. The summed E-state index contributed by atoms with van der Waals surface area (Å²) in [5, 5.41) is 31.8. The monoisotopic (exact) mass is 323 g/mol. The van der Waals surface area contributed by atoms with E-state index in [0.717, 1.165) is 0 Å². The predicted molar refractivity (Wildman–Crippen MR) is 76.7 cm³/mol. The van der Waals surface area contributed by atoms with E-state index in [2.05, 4.69) is 23.3 Å². The van der Waals surface area contributed by atoms with E-state index in [1.807, 2.05) is 0 Å². The molecule has 0 radical (unpaired) electrons. The number of carbonyl (C=O) groups excluding carboxylic acids is 2. The summed E-state index contributed by atoms with van der Waals surface area (Å²) in [6.45, 7) is 2.54. The summed E-state index contributed by atoms with van der Waals surface area (Å²) in [5.74, 6) is -3.19. The molecule has 0 unspecified atom stereocenters. The van der Waals surface area contributed by atoms with Crippen molar-refractivity contribution in [3.8, 4) is 0 Å². The number of hydrogen-bond acceptors (Lipinski definition) is 7. The maximum absolute atomic E-state index is 11.9. The third-order valence-corrected chi connectivity index (χ3v) is 3.05. The molecule has 0 aliphatic carbocycles. The molecule has 21 heavy (non-hydrogen) atoms. The fourth-order valence-corrected chi connectivity index (χ4v) is 1.57. The zero-order valence-corrected chi connectivity index (χ0v) is 12.6. The van der Waals surface area contributed by atoms with Gasteiger partial charge in [0.1, 0.15) is 18.1 Å². The highest BCUT2D eigenvalue weighted by atomic mass is 32.1. The molecule has 0 fully saturated rings. The van der Waals surface area contributed by atoms with E-state index < -0.39 is 48.1 Å². The maximum Gasteiger partial charge on any atom is 0.327 e. The smallest absolute Gasteiger partial charge is 0.327 e. The van der Waals surface area contributed by atoms with E-state index in [1.54, 1.807) is 0 Å². The van der Waals surface area contributed by atoms with Gasteiger partial charge in [-0.1, -0.05) is 0 Å². The van der Waals surface area contributed by atoms with Crippen molar-refractivity contribution in [1.82, 2.24) is 10.6 Å². The lowest BCUT2D eigenvalue weighted by Gasteiger charge is -2.24. The Bertz CT molecular complexity index is 390. The van der Waals surface area contributed by atoms with Gasteiger partial charge in [0.2, 0.25) is 11.8 Å². The van der Waals surface area contributed by atoms with Crippen LogP contribution in [0.15, 0.2) is 0 Å². The second-order valence-electron chi connectivity index (χ2n) is 4.58. The fourth-order valence-electron chi connectivity index (χ4n) is 1.32. The van der Waals surface area contributed by atoms with Crippen LogP contribution in [0.2, 0.25) is 0 Å². The summed E-state index contributed by atoms with van der Waals surface area (Å²) in [4.78, 5) is 34.4. The number of aliphatic hydroxyl groups excluding tert-OH is 2. The molecule has 0 saturated heterocycles. The molecule has 2 amide bonds. The number of aliphatic carboxylic acids is 1. The number of carbonyl (C=O) groups is 3. The third-order valence-electron chi connectivity index (χ3n) is 2.68. The predicted octanol–water partition coefficient (Wildman–Crippen LogP) is -2.94. The molecule has 5 atom stereocenters. The Kier molecular flexibility index (Phi) is 8.25. The minimum absolute atomic E-state index is 0.158. The highest BCUT2D eigenvalue weighted by Crippen LogP contribution is 1.99. The van der Waals surface area contributed by atoms with Crippen LogP contribution in [0.1, 0.15) is 13.8 Å². The molecule has 0 aliphatic rings. The van der Waals surface area contributed by atoms with Crippen LogP contribution in [0.4, 0.5) is 0 Å². The Balaban J connectivity index is 4.87. The lowest BCUT2D eigenvalue weighted by Crippen LogP contribution is -2.59. The molecule has 0 rings (SSSR count). The number of nitrogens with two attached hydrogens (primary N) is 1. The zero-order chi connectivity index (χ0) is 16.7. The summed E-state index contributed by atoms with van der Waals surface area (Å²) in [5.41, 5.74) is 5.40. The first-order valence-corrected chi connectivity index (χ1v) is 6.81. The number of carboxylic acids is 1. The second kappa shape index (κ2) is 8.82. The molecule has 7 N–H and O–H groups in total. The van der Waals surface area contributed by atoms with Crippen molar-refractivity contribution in [2.24, 2.45) is 5.73 Å². The highest BCUT2D eigenvalue weighted by molar-refractivity contribution is 7.80. The van der Waals surface area contributed by atoms with Gasteiger partial charge in [0.15, 0.2) is 0 Å². The first-order valence-electron chi connectivity index (χ1n) is 6.17. The van der Waals surface area contributed by atoms with Crippen molar-refractivity contribution in [2.75, 3.05) is 5.75 Å². The van der Waals surface area contributed by atoms with Crippen LogP contribution in [-0.4, -0.2) is 69.2 Å². The zero-order valence-electron chi connectivity index (χ0n) is 11.7. The molecule has 10 heteroatoms. The summed E-state index contributed by atoms with van der Waals surface area (Å²) < 4.78 is 0. The van der Waals surface area contributed by atoms with Crippen LogP contribution in [0.5, 0.6) is 0 Å². The number of carboxylic acid groups (broad SMARTS) is 1. The molecule has 0 spiro atoms. The van der Waals surface area contributed by atoms with Gasteiger partial charge in [0, 0.05) is 5.75 Å². The molecule has 122 valence electrons. The average molecular weight is 323 g/mol. The van der Waals surface area contributed by atoms with Gasteiger partial charge < -0.3 is 31.7 Å². The standard InChI is InChI=1S/C11H21N3O6S/c1-4(15)7(12)9(17)14-8(5(2)16)10(18)13-6(3-21)11(19)20/h4-8,15-16,21H,3,12H2,1-2H3,(H,13,18)(H,14,17)(H,19,20)/t4-,5-,6+,7+,8+/m1/s1. The number of nitrogens with one attached hydrogen (secondary N) is 2. The fraction of sp³-hybridized carbons (Fsp3) is 0.727. The van der Waals surface area contributed by atoms with Gasteiger partial charge in [-0.25, -0.2) is 4.79 Å². The van der Waals surface area contributed by atoms with Crippen molar-refractivity contribution in [1.29, 1.82) is 0 Å². The molecule has 0 aromatic heterocycles. The largest absolute Gasteiger partial charge is 0.480 e. The van der Waals surface area contributed by atoms with Crippen LogP contribution in [0.25, 0.3) is 0 Å². The van der Waals surface area contributed by atoms with Crippen LogP contribution in [-0.2, 0) is 14.4 Å². The van der Waals surface area contributed by atoms with Crippen LogP contribution in [0.3, 0.4) is 0 Å². The molecule has 0 aromatic rings. The summed E-state index contributed by atoms with van der Waals surface area (Å²) >= 11 is 3.78. The molecular weight excluding hydrogens is 302 g/mol. The normalized spacial score (nSPS) is 18.0. The van der Waals surface area contributed by atoms with Crippen molar-refractivity contribution >= 4 is 30.4 Å². The molecule has 0 heterocycles. The van der Waals surface area contributed by atoms with Crippen LogP contribution < -0.4 is 16.4 Å². The van der Waals surface area contributed by atoms with E-state index in [9.17, 15) is 24.6 Å². The van der Waals surface area contributed by atoms with E-state index in [1.165, 1.54) is 13.8 Å². The van der Waals surface area contributed by atoms with Gasteiger partial charge >= 0.3 is 5.97 Å². The van der Waals surface area contributed by atoms with Gasteiger partial charge in [-0.3, -0.25) is 9.59 Å². The molecule has 0 bridgehead atoms. The quantitative estimate of drug-likeness (QED) is 0.235. The number of hydrogen-bond donors (Lipinski definition) is 7. The number of aliphatic hydroxyl groups is 2. The molecule has 0 saturated carbocycles. The summed E-state index contributed by atoms with van der Waals surface area (Å²) in [6, 6.07) is -3.94. The lowest BCUT2D eigenvalue weighted by atomic mass is 10.1. The summed E-state index contributed by atoms with van der Waals surface area (Å²) in [6.07, 6.45) is -2.43. The Morgan fingerprint density at radius 2 is 1.62 bits per heavy atom. The number of amides is 2. The SMILES string of the molecule is C[C@@H](O)[C@H](N)C(=O)N[C@H](C(=O)N[C@@H](CS)C(=O)O)[C@@H](C)O. The van der Waals surface area contributed by atoms with E-state index in [4.69, 9.17) is 10.8 Å². The first kappa shape index (κ1) is 19.6. The minimum atomic E-state index is -1.40. The van der Waals surface area contributed by atoms with Crippen molar-refractivity contribution < 1.29 is 29.7 Å². The van der Waals surface area contributed by atoms with Gasteiger partial charge in [-0.15, -0.1) is 0 Å². The number of thiol groups is 1. The molecular formula is C11H21N3O6S. The van der Waals surface area contributed by atoms with Crippen molar-refractivity contribution in [3.05, 3.63) is 0 Å². The topological polar surface area (TPSA) is 162 Å². The Morgan fingerprint density at radius 3 is 1.95 bits per heavy atom. The Morgan fingerprint density at radius 1 is 1.10 bits per heavy atom.